The van der Waals surface area contributed by atoms with Crippen LogP contribution in [0.15, 0.2) is 45.1 Å². The summed E-state index contributed by atoms with van der Waals surface area (Å²) < 4.78 is 79.0. The number of para-hydroxylation sites is 1. The number of nitrogen functional groups attached to an aromatic ring is 1. The van der Waals surface area contributed by atoms with E-state index in [1.807, 2.05) is 22.6 Å². The van der Waals surface area contributed by atoms with Crippen LogP contribution >= 0.6 is 31.8 Å². The Labute approximate surface area is 210 Å². The summed E-state index contributed by atoms with van der Waals surface area (Å²) in [4.78, 5) is 3.44. The number of hydrogen-bond donors (Lipinski definition) is 3. The number of ether oxygens (including phenoxy) is 2. The van der Waals surface area contributed by atoms with Crippen molar-refractivity contribution in [2.45, 2.75) is 16.7 Å². The smallest absolute Gasteiger partial charge is 0.300 e. The summed E-state index contributed by atoms with van der Waals surface area (Å²) >= 11 is 1.90. The fourth-order valence-electron chi connectivity index (χ4n) is 3.36. The fraction of sp³-hybridized carbons (Fsp3) is 0.0500. The first-order valence-corrected chi connectivity index (χ1v) is 13.8. The van der Waals surface area contributed by atoms with Crippen molar-refractivity contribution in [3.63, 3.8) is 0 Å². The van der Waals surface area contributed by atoms with E-state index >= 15 is 0 Å². The first-order valence-electron chi connectivity index (χ1n) is 9.23. The van der Waals surface area contributed by atoms with Crippen LogP contribution in [0.4, 0.5) is 11.4 Å². The van der Waals surface area contributed by atoms with E-state index in [0.29, 0.717) is 14.4 Å². The van der Waals surface area contributed by atoms with Gasteiger partial charge in [0.2, 0.25) is 0 Å². The fourth-order valence-corrected chi connectivity index (χ4v) is 5.83. The standard InChI is InChI=1S/C20H16IN2O8PS2/c1-8-4-3-5-12(33(24,25)26)15(8)30-16-9(2)13(21)18-14(19(16)32)23-11-7-6-10(22)20(17(11)31-18)34(27,28)29/h3-7H,2,22,32H2,1H3,(H,24,25,26)(H,27,28,29). The largest absolute Gasteiger partial charge is 0.454 e. The molecule has 0 aliphatic carbocycles. The van der Waals surface area contributed by atoms with Gasteiger partial charge in [-0.3, -0.25) is 9.11 Å². The molecule has 1 atom stereocenters. The second-order valence-electron chi connectivity index (χ2n) is 7.21. The Hall–Kier alpha value is -2.29. The van der Waals surface area contributed by atoms with Crippen LogP contribution in [0.5, 0.6) is 23.0 Å². The summed E-state index contributed by atoms with van der Waals surface area (Å²) in [6.07, 6.45) is 0. The number of halogens is 1. The molecule has 4 N–H and O–H groups in total. The van der Waals surface area contributed by atoms with Gasteiger partial charge in [0.25, 0.3) is 20.2 Å². The molecule has 4 rings (SSSR count). The van der Waals surface area contributed by atoms with E-state index in [-0.39, 0.29) is 44.9 Å². The number of fused-ring (bicyclic) bond motifs is 2. The van der Waals surface area contributed by atoms with Crippen LogP contribution in [0.25, 0.3) is 6.58 Å². The first kappa shape index (κ1) is 24.8. The Morgan fingerprint density at radius 2 is 1.76 bits per heavy atom. The number of aryl methyl sites for hydroxylation is 1. The SMILES string of the molecule is C=c1c(I)c2c(c(P)c1Oc1c(C)cccc1S(=O)(=O)O)=Nc1ccc(N)c(S(=O)(=O)O)c1O2. The number of nitrogens with two attached hydrogens (primary N) is 1. The highest BCUT2D eigenvalue weighted by atomic mass is 127. The molecule has 0 saturated carbocycles. The number of anilines is 1. The van der Waals surface area contributed by atoms with Gasteiger partial charge in [0.05, 0.1) is 9.26 Å². The van der Waals surface area contributed by atoms with Gasteiger partial charge >= 0.3 is 0 Å². The quantitative estimate of drug-likeness (QED) is 0.132. The van der Waals surface area contributed by atoms with Crippen LogP contribution in [0.2, 0.25) is 0 Å². The van der Waals surface area contributed by atoms with Gasteiger partial charge in [0.15, 0.2) is 22.1 Å². The summed E-state index contributed by atoms with van der Waals surface area (Å²) in [5, 5.41) is 0.864. The van der Waals surface area contributed by atoms with Crippen molar-refractivity contribution >= 4 is 75.3 Å². The van der Waals surface area contributed by atoms with Crippen LogP contribution in [0.1, 0.15) is 5.56 Å². The molecule has 34 heavy (non-hydrogen) atoms. The molecule has 1 aliphatic rings. The molecule has 3 aromatic carbocycles. The maximum atomic E-state index is 11.9. The molecule has 0 aromatic heterocycles. The summed E-state index contributed by atoms with van der Waals surface area (Å²) in [5.41, 5.74) is 6.07. The Bertz CT molecular complexity index is 1720. The van der Waals surface area contributed by atoms with E-state index in [1.165, 1.54) is 24.3 Å². The summed E-state index contributed by atoms with van der Waals surface area (Å²) in [6, 6.07) is 6.98. The lowest BCUT2D eigenvalue weighted by Crippen LogP contribution is -2.32. The van der Waals surface area contributed by atoms with Crippen molar-refractivity contribution < 1.29 is 35.4 Å². The molecule has 1 heterocycles. The van der Waals surface area contributed by atoms with Crippen molar-refractivity contribution in [2.75, 3.05) is 5.73 Å². The summed E-state index contributed by atoms with van der Waals surface area (Å²) in [7, 11) is -6.89. The number of benzene rings is 3. The monoisotopic (exact) mass is 634 g/mol. The molecular weight excluding hydrogens is 618 g/mol. The normalized spacial score (nSPS) is 12.9. The average molecular weight is 634 g/mol. The van der Waals surface area contributed by atoms with Gasteiger partial charge in [0, 0.05) is 10.5 Å². The molecule has 0 amide bonds. The lowest BCUT2D eigenvalue weighted by Gasteiger charge is -2.22. The van der Waals surface area contributed by atoms with Gasteiger partial charge in [-0.2, -0.15) is 16.8 Å². The van der Waals surface area contributed by atoms with Crippen LogP contribution in [0.3, 0.4) is 0 Å². The molecule has 3 aromatic rings. The second-order valence-corrected chi connectivity index (χ2v) is 11.6. The minimum Gasteiger partial charge on any atom is -0.454 e. The van der Waals surface area contributed by atoms with E-state index in [1.54, 1.807) is 13.0 Å². The highest BCUT2D eigenvalue weighted by molar-refractivity contribution is 14.1. The minimum atomic E-state index is -4.72. The Kier molecular flexibility index (Phi) is 6.15. The van der Waals surface area contributed by atoms with Crippen LogP contribution < -0.4 is 31.1 Å². The van der Waals surface area contributed by atoms with Crippen molar-refractivity contribution in [3.8, 4) is 23.0 Å². The van der Waals surface area contributed by atoms with Crippen molar-refractivity contribution in [2.24, 2.45) is 4.99 Å². The third-order valence-electron chi connectivity index (χ3n) is 4.93. The topological polar surface area (TPSA) is 166 Å². The van der Waals surface area contributed by atoms with E-state index in [4.69, 9.17) is 15.2 Å². The van der Waals surface area contributed by atoms with Gasteiger partial charge in [-0.1, -0.05) is 28.0 Å². The third-order valence-corrected chi connectivity index (χ3v) is 8.42. The zero-order chi connectivity index (χ0) is 25.2. The van der Waals surface area contributed by atoms with Gasteiger partial charge < -0.3 is 15.2 Å². The maximum absolute atomic E-state index is 11.9. The molecule has 1 unspecified atom stereocenters. The van der Waals surface area contributed by atoms with Gasteiger partial charge in [-0.15, -0.1) is 0 Å². The molecule has 0 fully saturated rings. The Morgan fingerprint density at radius 3 is 2.38 bits per heavy atom. The lowest BCUT2D eigenvalue weighted by atomic mass is 10.2. The molecule has 0 saturated heterocycles. The Morgan fingerprint density at radius 1 is 1.09 bits per heavy atom. The first-order chi connectivity index (χ1) is 15.7. The van der Waals surface area contributed by atoms with E-state index in [9.17, 15) is 25.9 Å². The van der Waals surface area contributed by atoms with Crippen molar-refractivity contribution in [1.29, 1.82) is 0 Å². The highest BCUT2D eigenvalue weighted by Crippen LogP contribution is 2.43. The molecule has 14 heteroatoms. The lowest BCUT2D eigenvalue weighted by molar-refractivity contribution is 0.431. The predicted molar refractivity (Wildman–Crippen MR) is 136 cm³/mol. The Balaban J connectivity index is 2.00. The predicted octanol–water partition coefficient (Wildman–Crippen LogP) is 2.44. The van der Waals surface area contributed by atoms with Crippen LogP contribution in [-0.2, 0) is 20.2 Å². The molecule has 0 spiro atoms. The number of rotatable bonds is 4. The molecule has 0 radical (unpaired) electrons. The maximum Gasteiger partial charge on any atom is 0.300 e. The minimum absolute atomic E-state index is 0.0890. The van der Waals surface area contributed by atoms with Crippen molar-refractivity contribution in [3.05, 3.63) is 50.0 Å². The van der Waals surface area contributed by atoms with Crippen molar-refractivity contribution in [1.82, 2.24) is 0 Å². The zero-order valence-corrected chi connectivity index (χ0v) is 22.2. The van der Waals surface area contributed by atoms with E-state index in [0.717, 1.165) is 0 Å². The van der Waals surface area contributed by atoms with Gasteiger partial charge in [-0.25, -0.2) is 4.99 Å². The highest BCUT2D eigenvalue weighted by Gasteiger charge is 2.30. The number of hydrogen-bond acceptors (Lipinski definition) is 8. The zero-order valence-electron chi connectivity index (χ0n) is 17.2. The number of nitrogens with zero attached hydrogens (tertiary/aromatic N) is 1. The van der Waals surface area contributed by atoms with Gasteiger partial charge in [-0.05, 0) is 53.3 Å². The molecular formula is C20H16IN2O8PS2. The summed E-state index contributed by atoms with van der Waals surface area (Å²) in [5.74, 6) is -0.0369. The van der Waals surface area contributed by atoms with Crippen LogP contribution in [-0.4, -0.2) is 25.9 Å². The summed E-state index contributed by atoms with van der Waals surface area (Å²) in [6.45, 7) is 5.59. The second kappa shape index (κ2) is 8.43. The van der Waals surface area contributed by atoms with Gasteiger partial charge in [0.1, 0.15) is 21.7 Å². The molecule has 10 nitrogen and oxygen atoms in total. The molecule has 1 aliphatic heterocycles. The average Bonchev–Trinajstić information content (AvgIpc) is 2.73. The van der Waals surface area contributed by atoms with E-state index < -0.39 is 30.0 Å². The molecule has 0 bridgehead atoms. The molecule has 178 valence electrons. The van der Waals surface area contributed by atoms with Crippen LogP contribution in [0, 0.1) is 10.5 Å². The third kappa shape index (κ3) is 4.16. The van der Waals surface area contributed by atoms with E-state index in [2.05, 4.69) is 20.8 Å².